The molecule has 0 saturated carbocycles. The Morgan fingerprint density at radius 2 is 2.05 bits per heavy atom. The lowest BCUT2D eigenvalue weighted by Crippen LogP contribution is -2.37. The molecule has 0 atom stereocenters. The van der Waals surface area contributed by atoms with E-state index in [1.807, 2.05) is 30.3 Å². The van der Waals surface area contributed by atoms with E-state index >= 15 is 0 Å². The van der Waals surface area contributed by atoms with Gasteiger partial charge in [-0.1, -0.05) is 30.4 Å². The van der Waals surface area contributed by atoms with Gasteiger partial charge >= 0.3 is 0 Å². The minimum atomic E-state index is 0.392. The van der Waals surface area contributed by atoms with Crippen LogP contribution in [0.1, 0.15) is 18.4 Å². The number of aromatic nitrogens is 1. The second-order valence-corrected chi connectivity index (χ2v) is 6.10. The minimum absolute atomic E-state index is 0.392. The fourth-order valence-electron chi connectivity index (χ4n) is 2.76. The number of nitrogens with zero attached hydrogens (tertiary/aromatic N) is 2. The number of fused-ring (bicyclic) bond motifs is 1. The number of benzene rings is 1. The number of hydrogen-bond acceptors (Lipinski definition) is 4. The highest BCUT2D eigenvalue weighted by molar-refractivity contribution is 7.80. The van der Waals surface area contributed by atoms with Crippen LogP contribution in [0.25, 0.3) is 10.9 Å². The molecule has 1 aromatic heterocycles. The standard InChI is InChI=1S/C16H20N4S/c1-20-8-6-12(7-9-20)18-16-13(15(17)21)10-11-4-2-3-5-14(11)19-16/h2-5,10,12H,6-9H2,1H3,(H2,17,21)(H,18,19). The predicted molar refractivity (Wildman–Crippen MR) is 91.8 cm³/mol. The molecule has 21 heavy (non-hydrogen) atoms. The van der Waals surface area contributed by atoms with Gasteiger partial charge in [0, 0.05) is 11.4 Å². The number of nitrogens with two attached hydrogens (primary N) is 1. The molecule has 0 radical (unpaired) electrons. The Morgan fingerprint density at radius 1 is 1.33 bits per heavy atom. The van der Waals surface area contributed by atoms with Crippen molar-refractivity contribution in [1.29, 1.82) is 0 Å². The van der Waals surface area contributed by atoms with Crippen molar-refractivity contribution in [3.63, 3.8) is 0 Å². The summed E-state index contributed by atoms with van der Waals surface area (Å²) < 4.78 is 0. The second-order valence-electron chi connectivity index (χ2n) is 5.66. The first-order valence-corrected chi connectivity index (χ1v) is 7.69. The molecule has 1 fully saturated rings. The lowest BCUT2D eigenvalue weighted by molar-refractivity contribution is 0.263. The first kappa shape index (κ1) is 14.2. The average molecular weight is 300 g/mol. The maximum atomic E-state index is 5.88. The lowest BCUT2D eigenvalue weighted by Gasteiger charge is -2.30. The molecule has 0 unspecified atom stereocenters. The number of hydrogen-bond donors (Lipinski definition) is 2. The van der Waals surface area contributed by atoms with E-state index in [1.165, 1.54) is 0 Å². The van der Waals surface area contributed by atoms with Crippen LogP contribution in [0.2, 0.25) is 0 Å². The zero-order valence-electron chi connectivity index (χ0n) is 12.2. The molecule has 3 rings (SSSR count). The Hall–Kier alpha value is -1.72. The Bertz CT molecular complexity index is 662. The first-order valence-electron chi connectivity index (χ1n) is 7.28. The average Bonchev–Trinajstić information content (AvgIpc) is 2.48. The third-order valence-electron chi connectivity index (χ3n) is 4.05. The molecule has 2 heterocycles. The van der Waals surface area contributed by atoms with E-state index in [0.717, 1.165) is 48.2 Å². The summed E-state index contributed by atoms with van der Waals surface area (Å²) in [5.41, 5.74) is 7.68. The van der Waals surface area contributed by atoms with E-state index in [4.69, 9.17) is 22.9 Å². The zero-order valence-corrected chi connectivity index (χ0v) is 13.0. The van der Waals surface area contributed by atoms with Crippen LogP contribution >= 0.6 is 12.2 Å². The Balaban J connectivity index is 1.92. The summed E-state index contributed by atoms with van der Waals surface area (Å²) >= 11 is 5.19. The van der Waals surface area contributed by atoms with Crippen LogP contribution in [0.3, 0.4) is 0 Å². The summed E-state index contributed by atoms with van der Waals surface area (Å²) in [6.45, 7) is 2.21. The van der Waals surface area contributed by atoms with Crippen molar-refractivity contribution >= 4 is 33.9 Å². The molecule has 1 aliphatic heterocycles. The summed E-state index contributed by atoms with van der Waals surface area (Å²) in [6.07, 6.45) is 2.23. The van der Waals surface area contributed by atoms with Gasteiger partial charge in [0.2, 0.25) is 0 Å². The summed E-state index contributed by atoms with van der Waals surface area (Å²) in [6, 6.07) is 10.5. The van der Waals surface area contributed by atoms with Crippen LogP contribution in [0, 0.1) is 0 Å². The number of nitrogens with one attached hydrogen (secondary N) is 1. The van der Waals surface area contributed by atoms with Crippen molar-refractivity contribution in [3.8, 4) is 0 Å². The number of likely N-dealkylation sites (tertiary alicyclic amines) is 1. The van der Waals surface area contributed by atoms with Crippen LogP contribution in [-0.4, -0.2) is 41.1 Å². The van der Waals surface area contributed by atoms with E-state index < -0.39 is 0 Å². The first-order chi connectivity index (χ1) is 10.1. The Morgan fingerprint density at radius 3 is 2.76 bits per heavy atom. The van der Waals surface area contributed by atoms with E-state index in [0.29, 0.717) is 11.0 Å². The van der Waals surface area contributed by atoms with Gasteiger partial charge in [-0.25, -0.2) is 4.98 Å². The molecule has 1 aliphatic rings. The molecule has 5 heteroatoms. The van der Waals surface area contributed by atoms with E-state index in [2.05, 4.69) is 17.3 Å². The van der Waals surface area contributed by atoms with Crippen molar-refractivity contribution in [2.75, 3.05) is 25.5 Å². The van der Waals surface area contributed by atoms with Crippen molar-refractivity contribution < 1.29 is 0 Å². The molecule has 1 saturated heterocycles. The van der Waals surface area contributed by atoms with E-state index in [9.17, 15) is 0 Å². The van der Waals surface area contributed by atoms with Crippen molar-refractivity contribution in [2.45, 2.75) is 18.9 Å². The molecule has 0 amide bonds. The molecule has 3 N–H and O–H groups in total. The molecule has 0 bridgehead atoms. The topological polar surface area (TPSA) is 54.2 Å². The third-order valence-corrected chi connectivity index (χ3v) is 4.27. The van der Waals surface area contributed by atoms with E-state index in [-0.39, 0.29) is 0 Å². The molecular formula is C16H20N4S. The molecule has 0 aliphatic carbocycles. The zero-order chi connectivity index (χ0) is 14.8. The molecular weight excluding hydrogens is 280 g/mol. The Kier molecular flexibility index (Phi) is 4.03. The normalized spacial score (nSPS) is 17.0. The van der Waals surface area contributed by atoms with Gasteiger partial charge < -0.3 is 16.0 Å². The maximum absolute atomic E-state index is 5.88. The van der Waals surface area contributed by atoms with Gasteiger partial charge in [-0.05, 0) is 45.1 Å². The van der Waals surface area contributed by atoms with Gasteiger partial charge in [-0.15, -0.1) is 0 Å². The highest BCUT2D eigenvalue weighted by Gasteiger charge is 2.19. The largest absolute Gasteiger partial charge is 0.389 e. The smallest absolute Gasteiger partial charge is 0.137 e. The quantitative estimate of drug-likeness (QED) is 0.852. The number of rotatable bonds is 3. The fourth-order valence-corrected chi connectivity index (χ4v) is 2.92. The van der Waals surface area contributed by atoms with Gasteiger partial charge in [-0.3, -0.25) is 0 Å². The Labute approximate surface area is 130 Å². The second kappa shape index (κ2) is 5.95. The summed E-state index contributed by atoms with van der Waals surface area (Å²) in [5, 5.41) is 4.60. The molecule has 4 nitrogen and oxygen atoms in total. The monoisotopic (exact) mass is 300 g/mol. The van der Waals surface area contributed by atoms with Crippen LogP contribution < -0.4 is 11.1 Å². The van der Waals surface area contributed by atoms with Crippen LogP contribution in [0.4, 0.5) is 5.82 Å². The number of pyridine rings is 1. The molecule has 2 aromatic rings. The van der Waals surface area contributed by atoms with Gasteiger partial charge in [0.25, 0.3) is 0 Å². The minimum Gasteiger partial charge on any atom is -0.389 e. The maximum Gasteiger partial charge on any atom is 0.137 e. The van der Waals surface area contributed by atoms with Crippen molar-refractivity contribution in [1.82, 2.24) is 9.88 Å². The van der Waals surface area contributed by atoms with Crippen molar-refractivity contribution in [3.05, 3.63) is 35.9 Å². The lowest BCUT2D eigenvalue weighted by atomic mass is 10.0. The van der Waals surface area contributed by atoms with E-state index in [1.54, 1.807) is 0 Å². The summed E-state index contributed by atoms with van der Waals surface area (Å²) in [5.74, 6) is 0.816. The van der Waals surface area contributed by atoms with Gasteiger partial charge in [0.1, 0.15) is 10.8 Å². The number of anilines is 1. The number of piperidine rings is 1. The van der Waals surface area contributed by atoms with Gasteiger partial charge in [-0.2, -0.15) is 0 Å². The summed E-state index contributed by atoms with van der Waals surface area (Å²) in [4.78, 5) is 7.46. The predicted octanol–water partition coefficient (Wildman–Crippen LogP) is 2.38. The fraction of sp³-hybridized carbons (Fsp3) is 0.375. The summed E-state index contributed by atoms with van der Waals surface area (Å²) in [7, 11) is 2.16. The van der Waals surface area contributed by atoms with Crippen LogP contribution in [0.15, 0.2) is 30.3 Å². The number of thiocarbonyl (C=S) groups is 1. The highest BCUT2D eigenvalue weighted by Crippen LogP contribution is 2.23. The van der Waals surface area contributed by atoms with Gasteiger partial charge in [0.15, 0.2) is 0 Å². The molecule has 1 aromatic carbocycles. The number of para-hydroxylation sites is 1. The van der Waals surface area contributed by atoms with Crippen LogP contribution in [-0.2, 0) is 0 Å². The third kappa shape index (κ3) is 3.14. The molecule has 110 valence electrons. The van der Waals surface area contributed by atoms with Crippen molar-refractivity contribution in [2.24, 2.45) is 5.73 Å². The highest BCUT2D eigenvalue weighted by atomic mass is 32.1. The molecule has 0 spiro atoms. The van der Waals surface area contributed by atoms with Crippen LogP contribution in [0.5, 0.6) is 0 Å². The SMILES string of the molecule is CN1CCC(Nc2nc3ccccc3cc2C(N)=S)CC1. The van der Waals surface area contributed by atoms with Gasteiger partial charge in [0.05, 0.1) is 11.1 Å².